The average Bonchev–Trinajstić information content (AvgIpc) is 2.34. The van der Waals surface area contributed by atoms with Gasteiger partial charge in [-0.05, 0) is 44.5 Å². The van der Waals surface area contributed by atoms with Crippen LogP contribution < -0.4 is 10.2 Å². The monoisotopic (exact) mass is 260 g/mol. The number of nitrogens with zero attached hydrogens (tertiary/aromatic N) is 1. The first kappa shape index (κ1) is 13.3. The van der Waals surface area contributed by atoms with E-state index in [0.717, 1.165) is 17.5 Å². The third-order valence-corrected chi connectivity index (χ3v) is 3.48. The molecule has 1 fully saturated rings. The zero-order valence-electron chi connectivity index (χ0n) is 11.2. The lowest BCUT2D eigenvalue weighted by Crippen LogP contribution is -2.64. The van der Waals surface area contributed by atoms with Crippen LogP contribution >= 0.6 is 0 Å². The van der Waals surface area contributed by atoms with Crippen molar-refractivity contribution in [1.29, 1.82) is 0 Å². The molecule has 2 amide bonds. The molecule has 2 rings (SSSR count). The quantitative estimate of drug-likeness (QED) is 0.637. The fraction of sp³-hybridized carbons (Fsp3) is 0.357. The van der Waals surface area contributed by atoms with E-state index in [1.807, 2.05) is 13.0 Å². The number of aldehydes is 1. The maximum atomic E-state index is 11.9. The maximum Gasteiger partial charge on any atom is 0.251 e. The molecule has 0 atom stereocenters. The summed E-state index contributed by atoms with van der Waals surface area (Å²) >= 11 is 0. The minimum Gasteiger partial charge on any atom is -0.348 e. The Hall–Kier alpha value is -2.17. The van der Waals surface area contributed by atoms with Gasteiger partial charge < -0.3 is 4.90 Å². The molecule has 0 unspecified atom stereocenters. The fourth-order valence-corrected chi connectivity index (χ4v) is 2.16. The molecule has 0 bridgehead atoms. The van der Waals surface area contributed by atoms with Crippen LogP contribution in [-0.2, 0) is 9.59 Å². The molecule has 0 aromatic heterocycles. The maximum absolute atomic E-state index is 11.9. The molecule has 1 aromatic rings. The summed E-state index contributed by atoms with van der Waals surface area (Å²) in [5.74, 6) is -0.637. The highest BCUT2D eigenvalue weighted by Crippen LogP contribution is 2.27. The van der Waals surface area contributed by atoms with Gasteiger partial charge in [0.15, 0.2) is 0 Å². The summed E-state index contributed by atoms with van der Waals surface area (Å²) in [4.78, 5) is 36.0. The first-order chi connectivity index (χ1) is 8.86. The third kappa shape index (κ3) is 2.23. The largest absolute Gasteiger partial charge is 0.348 e. The van der Waals surface area contributed by atoms with E-state index in [4.69, 9.17) is 0 Å². The van der Waals surface area contributed by atoms with Crippen LogP contribution in [0, 0.1) is 6.92 Å². The van der Waals surface area contributed by atoms with Crippen molar-refractivity contribution in [1.82, 2.24) is 5.32 Å². The van der Waals surface area contributed by atoms with E-state index in [2.05, 4.69) is 5.32 Å². The predicted molar refractivity (Wildman–Crippen MR) is 71.1 cm³/mol. The number of carbonyl (C=O) groups is 3. The topological polar surface area (TPSA) is 66.5 Å². The molecule has 19 heavy (non-hydrogen) atoms. The Morgan fingerprint density at radius 1 is 1.32 bits per heavy atom. The molecule has 5 nitrogen and oxygen atoms in total. The highest BCUT2D eigenvalue weighted by molar-refractivity contribution is 6.06. The van der Waals surface area contributed by atoms with Gasteiger partial charge in [-0.25, -0.2) is 0 Å². The number of hydrogen-bond acceptors (Lipinski definition) is 4. The number of rotatable bonds is 2. The number of amides is 2. The Balaban J connectivity index is 2.44. The highest BCUT2D eigenvalue weighted by atomic mass is 16.2. The van der Waals surface area contributed by atoms with Gasteiger partial charge in [0.2, 0.25) is 5.91 Å². The SMILES string of the molecule is Cc1cc(N2CC(=O)NC(=O)C2(C)C)ccc1C=O. The Bertz CT molecular complexity index is 564. The molecule has 0 spiro atoms. The van der Waals surface area contributed by atoms with Gasteiger partial charge in [-0.2, -0.15) is 0 Å². The van der Waals surface area contributed by atoms with E-state index >= 15 is 0 Å². The fourth-order valence-electron chi connectivity index (χ4n) is 2.16. The van der Waals surface area contributed by atoms with Crippen molar-refractivity contribution >= 4 is 23.8 Å². The van der Waals surface area contributed by atoms with Crippen LogP contribution in [0.3, 0.4) is 0 Å². The van der Waals surface area contributed by atoms with Crippen LogP contribution in [0.5, 0.6) is 0 Å². The lowest BCUT2D eigenvalue weighted by molar-refractivity contribution is -0.135. The van der Waals surface area contributed by atoms with Gasteiger partial charge in [-0.3, -0.25) is 19.7 Å². The summed E-state index contributed by atoms with van der Waals surface area (Å²) in [6, 6.07) is 5.27. The lowest BCUT2D eigenvalue weighted by atomic mass is 9.96. The molecule has 100 valence electrons. The molecule has 1 aromatic carbocycles. The van der Waals surface area contributed by atoms with Gasteiger partial charge in [-0.15, -0.1) is 0 Å². The van der Waals surface area contributed by atoms with Crippen molar-refractivity contribution in [2.24, 2.45) is 0 Å². The summed E-state index contributed by atoms with van der Waals surface area (Å²) in [6.07, 6.45) is 0.790. The third-order valence-electron chi connectivity index (χ3n) is 3.48. The van der Waals surface area contributed by atoms with E-state index in [9.17, 15) is 14.4 Å². The second kappa shape index (κ2) is 4.50. The second-order valence-electron chi connectivity index (χ2n) is 5.18. The van der Waals surface area contributed by atoms with E-state index in [1.54, 1.807) is 30.9 Å². The van der Waals surface area contributed by atoms with Crippen LogP contribution in [0.25, 0.3) is 0 Å². The molecule has 0 aliphatic carbocycles. The zero-order valence-corrected chi connectivity index (χ0v) is 11.2. The van der Waals surface area contributed by atoms with Gasteiger partial charge in [0, 0.05) is 11.3 Å². The van der Waals surface area contributed by atoms with Crippen molar-refractivity contribution in [2.75, 3.05) is 11.4 Å². The van der Waals surface area contributed by atoms with E-state index < -0.39 is 5.54 Å². The number of nitrogens with one attached hydrogen (secondary N) is 1. The van der Waals surface area contributed by atoms with Crippen molar-refractivity contribution in [3.8, 4) is 0 Å². The highest BCUT2D eigenvalue weighted by Gasteiger charge is 2.40. The molecular formula is C14H16N2O3. The number of hydrogen-bond donors (Lipinski definition) is 1. The van der Waals surface area contributed by atoms with Crippen LogP contribution in [0.2, 0.25) is 0 Å². The van der Waals surface area contributed by atoms with Gasteiger partial charge in [-0.1, -0.05) is 0 Å². The zero-order chi connectivity index (χ0) is 14.2. The van der Waals surface area contributed by atoms with Crippen LogP contribution in [0.4, 0.5) is 5.69 Å². The lowest BCUT2D eigenvalue weighted by Gasteiger charge is -2.41. The van der Waals surface area contributed by atoms with Gasteiger partial charge in [0.25, 0.3) is 5.91 Å². The van der Waals surface area contributed by atoms with Crippen molar-refractivity contribution in [3.63, 3.8) is 0 Å². The number of carbonyl (C=O) groups excluding carboxylic acids is 3. The Kier molecular flexibility index (Phi) is 3.14. The Morgan fingerprint density at radius 3 is 2.58 bits per heavy atom. The first-order valence-corrected chi connectivity index (χ1v) is 6.04. The van der Waals surface area contributed by atoms with Gasteiger partial charge in [0.1, 0.15) is 11.8 Å². The van der Waals surface area contributed by atoms with E-state index in [-0.39, 0.29) is 18.4 Å². The molecule has 1 N–H and O–H groups in total. The number of benzene rings is 1. The van der Waals surface area contributed by atoms with Crippen LogP contribution in [0.15, 0.2) is 18.2 Å². The van der Waals surface area contributed by atoms with Gasteiger partial charge in [0.05, 0.1) is 6.54 Å². The number of aryl methyl sites for hydroxylation is 1. The smallest absolute Gasteiger partial charge is 0.251 e. The number of piperazine rings is 1. The van der Waals surface area contributed by atoms with Crippen molar-refractivity contribution in [3.05, 3.63) is 29.3 Å². The molecule has 0 radical (unpaired) electrons. The van der Waals surface area contributed by atoms with E-state index in [1.165, 1.54) is 0 Å². The summed E-state index contributed by atoms with van der Waals surface area (Å²) in [5.41, 5.74) is 1.38. The predicted octanol–water partition coefficient (Wildman–Crippen LogP) is 1.05. The van der Waals surface area contributed by atoms with Crippen LogP contribution in [-0.4, -0.2) is 30.2 Å². The second-order valence-corrected chi connectivity index (χ2v) is 5.18. The summed E-state index contributed by atoms with van der Waals surface area (Å²) in [6.45, 7) is 5.47. The first-order valence-electron chi connectivity index (χ1n) is 6.04. The normalized spacial score (nSPS) is 18.2. The minimum absolute atomic E-state index is 0.124. The number of imide groups is 1. The standard InChI is InChI=1S/C14H16N2O3/c1-9-6-11(5-4-10(9)8-17)16-7-12(18)15-13(19)14(16,2)3/h4-6,8H,7H2,1-3H3,(H,15,18,19). The van der Waals surface area contributed by atoms with E-state index in [0.29, 0.717) is 5.56 Å². The van der Waals surface area contributed by atoms with Crippen molar-refractivity contribution in [2.45, 2.75) is 26.3 Å². The molecular weight excluding hydrogens is 244 g/mol. The molecule has 5 heteroatoms. The van der Waals surface area contributed by atoms with Crippen molar-refractivity contribution < 1.29 is 14.4 Å². The average molecular weight is 260 g/mol. The van der Waals surface area contributed by atoms with Crippen LogP contribution in [0.1, 0.15) is 29.8 Å². The molecule has 1 heterocycles. The molecule has 1 aliphatic heterocycles. The number of anilines is 1. The molecule has 0 saturated carbocycles. The Labute approximate surface area is 111 Å². The molecule has 1 aliphatic rings. The summed E-state index contributed by atoms with van der Waals surface area (Å²) in [5, 5.41) is 2.33. The Morgan fingerprint density at radius 2 is 2.00 bits per heavy atom. The minimum atomic E-state index is -0.803. The molecule has 1 saturated heterocycles. The summed E-state index contributed by atoms with van der Waals surface area (Å²) in [7, 11) is 0. The summed E-state index contributed by atoms with van der Waals surface area (Å²) < 4.78 is 0. The van der Waals surface area contributed by atoms with Gasteiger partial charge >= 0.3 is 0 Å².